The van der Waals surface area contributed by atoms with Gasteiger partial charge in [0.2, 0.25) is 10.0 Å². The highest BCUT2D eigenvalue weighted by molar-refractivity contribution is 7.89. The minimum Gasteiger partial charge on any atom is -0.454 e. The SMILES string of the molecule is CCCCNc1cc(CNCC)cc(S(N)(=O)=O)c1Oc1ccccc1. The number of nitrogens with two attached hydrogens (primary N) is 1. The molecule has 0 saturated carbocycles. The molecule has 0 radical (unpaired) electrons. The first kappa shape index (κ1) is 20.2. The average Bonchev–Trinajstić information content (AvgIpc) is 2.61. The van der Waals surface area contributed by atoms with Crippen LogP contribution in [0.2, 0.25) is 0 Å². The molecule has 4 N–H and O–H groups in total. The molecule has 6 nitrogen and oxygen atoms in total. The summed E-state index contributed by atoms with van der Waals surface area (Å²) in [4.78, 5) is -0.0178. The molecule has 2 aromatic carbocycles. The van der Waals surface area contributed by atoms with E-state index in [4.69, 9.17) is 9.88 Å². The first-order valence-electron chi connectivity index (χ1n) is 8.83. The Kier molecular flexibility index (Phi) is 7.44. The fraction of sp³-hybridized carbons (Fsp3) is 0.368. The normalized spacial score (nSPS) is 11.3. The first-order chi connectivity index (χ1) is 12.5. The number of hydrogen-bond donors (Lipinski definition) is 3. The summed E-state index contributed by atoms with van der Waals surface area (Å²) >= 11 is 0. The van der Waals surface area contributed by atoms with Crippen molar-refractivity contribution in [3.63, 3.8) is 0 Å². The zero-order valence-electron chi connectivity index (χ0n) is 15.3. The second-order valence-corrected chi connectivity index (χ2v) is 7.52. The second-order valence-electron chi connectivity index (χ2n) is 5.99. The Balaban J connectivity index is 2.51. The molecule has 26 heavy (non-hydrogen) atoms. The van der Waals surface area contributed by atoms with Crippen molar-refractivity contribution in [1.82, 2.24) is 5.32 Å². The van der Waals surface area contributed by atoms with Crippen LogP contribution in [0.1, 0.15) is 32.3 Å². The largest absolute Gasteiger partial charge is 0.454 e. The van der Waals surface area contributed by atoms with Gasteiger partial charge in [0, 0.05) is 13.1 Å². The van der Waals surface area contributed by atoms with Crippen molar-refractivity contribution in [2.45, 2.75) is 38.1 Å². The van der Waals surface area contributed by atoms with Crippen LogP contribution >= 0.6 is 0 Å². The van der Waals surface area contributed by atoms with Gasteiger partial charge in [0.25, 0.3) is 0 Å². The van der Waals surface area contributed by atoms with E-state index in [1.54, 1.807) is 18.2 Å². The third kappa shape index (κ3) is 5.72. The lowest BCUT2D eigenvalue weighted by Crippen LogP contribution is -2.17. The van der Waals surface area contributed by atoms with Gasteiger partial charge in [-0.3, -0.25) is 0 Å². The van der Waals surface area contributed by atoms with Crippen LogP contribution in [-0.2, 0) is 16.6 Å². The maximum Gasteiger partial charge on any atom is 0.241 e. The smallest absolute Gasteiger partial charge is 0.241 e. The molecule has 2 rings (SSSR count). The number of rotatable bonds is 10. The third-order valence-corrected chi connectivity index (χ3v) is 4.73. The number of ether oxygens (including phenoxy) is 1. The van der Waals surface area contributed by atoms with E-state index < -0.39 is 10.0 Å². The number of unbranched alkanes of at least 4 members (excludes halogenated alkanes) is 1. The molecule has 0 aromatic heterocycles. The summed E-state index contributed by atoms with van der Waals surface area (Å²) in [6.07, 6.45) is 1.99. The quantitative estimate of drug-likeness (QED) is 0.552. The molecule has 7 heteroatoms. The van der Waals surface area contributed by atoms with Crippen molar-refractivity contribution in [1.29, 1.82) is 0 Å². The van der Waals surface area contributed by atoms with Gasteiger partial charge in [0.05, 0.1) is 5.69 Å². The third-order valence-electron chi connectivity index (χ3n) is 3.81. The topological polar surface area (TPSA) is 93.5 Å². The van der Waals surface area contributed by atoms with Gasteiger partial charge in [-0.05, 0) is 42.8 Å². The highest BCUT2D eigenvalue weighted by Gasteiger charge is 2.21. The monoisotopic (exact) mass is 377 g/mol. The van der Waals surface area contributed by atoms with Crippen LogP contribution in [0.25, 0.3) is 0 Å². The molecule has 0 aliphatic heterocycles. The van der Waals surface area contributed by atoms with Crippen LogP contribution in [0, 0.1) is 0 Å². The summed E-state index contributed by atoms with van der Waals surface area (Å²) < 4.78 is 30.3. The predicted molar refractivity (Wildman–Crippen MR) is 105 cm³/mol. The van der Waals surface area contributed by atoms with Gasteiger partial charge < -0.3 is 15.4 Å². The van der Waals surface area contributed by atoms with Crippen LogP contribution < -0.4 is 20.5 Å². The maximum absolute atomic E-state index is 12.2. The summed E-state index contributed by atoms with van der Waals surface area (Å²) in [5, 5.41) is 12.0. The number of anilines is 1. The van der Waals surface area contributed by atoms with Gasteiger partial charge in [-0.25, -0.2) is 13.6 Å². The lowest BCUT2D eigenvalue weighted by atomic mass is 10.1. The van der Waals surface area contributed by atoms with Gasteiger partial charge in [0.1, 0.15) is 10.6 Å². The molecule has 0 fully saturated rings. The number of hydrogen-bond acceptors (Lipinski definition) is 5. The van der Waals surface area contributed by atoms with Crippen LogP contribution in [0.5, 0.6) is 11.5 Å². The van der Waals surface area contributed by atoms with Crippen LogP contribution in [0.4, 0.5) is 5.69 Å². The fourth-order valence-electron chi connectivity index (χ4n) is 2.48. The minimum atomic E-state index is -3.95. The highest BCUT2D eigenvalue weighted by atomic mass is 32.2. The Morgan fingerprint density at radius 3 is 2.46 bits per heavy atom. The van der Waals surface area contributed by atoms with E-state index >= 15 is 0 Å². The Morgan fingerprint density at radius 2 is 1.85 bits per heavy atom. The zero-order chi connectivity index (χ0) is 19.0. The van der Waals surface area contributed by atoms with Crippen LogP contribution in [-0.4, -0.2) is 21.5 Å². The van der Waals surface area contributed by atoms with E-state index in [0.29, 0.717) is 18.0 Å². The predicted octanol–water partition coefficient (Wildman–Crippen LogP) is 3.45. The molecule has 0 unspecified atom stereocenters. The fourth-order valence-corrected chi connectivity index (χ4v) is 3.21. The van der Waals surface area contributed by atoms with E-state index in [1.807, 2.05) is 31.2 Å². The Morgan fingerprint density at radius 1 is 1.12 bits per heavy atom. The summed E-state index contributed by atoms with van der Waals surface area (Å²) in [7, 11) is -3.95. The minimum absolute atomic E-state index is 0.0178. The standard InChI is InChI=1S/C19H27N3O3S/c1-3-5-11-22-17-12-15(14-21-4-2)13-18(26(20,23)24)19(17)25-16-9-7-6-8-10-16/h6-10,12-13,21-22H,3-5,11,14H2,1-2H3,(H2,20,23,24). The van der Waals surface area contributed by atoms with Crippen molar-refractivity contribution in [3.8, 4) is 11.5 Å². The van der Waals surface area contributed by atoms with E-state index in [9.17, 15) is 8.42 Å². The molecule has 0 aliphatic rings. The number of sulfonamides is 1. The highest BCUT2D eigenvalue weighted by Crippen LogP contribution is 2.37. The van der Waals surface area contributed by atoms with Gasteiger partial charge in [-0.1, -0.05) is 38.5 Å². The van der Waals surface area contributed by atoms with E-state index in [0.717, 1.165) is 31.5 Å². The number of benzene rings is 2. The molecule has 0 heterocycles. The Bertz CT molecular complexity index is 808. The molecule has 0 amide bonds. The molecule has 0 atom stereocenters. The van der Waals surface area contributed by atoms with Crippen molar-refractivity contribution in [2.24, 2.45) is 5.14 Å². The average molecular weight is 378 g/mol. The van der Waals surface area contributed by atoms with Gasteiger partial charge in [-0.15, -0.1) is 0 Å². The zero-order valence-corrected chi connectivity index (χ0v) is 16.1. The lowest BCUT2D eigenvalue weighted by molar-refractivity contribution is 0.468. The Hall–Kier alpha value is -2.09. The van der Waals surface area contributed by atoms with Gasteiger partial charge in [0.15, 0.2) is 5.75 Å². The van der Waals surface area contributed by atoms with Gasteiger partial charge >= 0.3 is 0 Å². The molecule has 2 aromatic rings. The molecule has 0 saturated heterocycles. The summed E-state index contributed by atoms with van der Waals surface area (Å²) in [6, 6.07) is 12.6. The van der Waals surface area contributed by atoms with Crippen molar-refractivity contribution < 1.29 is 13.2 Å². The molecular formula is C19H27N3O3S. The van der Waals surface area contributed by atoms with Crippen molar-refractivity contribution in [2.75, 3.05) is 18.4 Å². The van der Waals surface area contributed by atoms with Crippen molar-refractivity contribution in [3.05, 3.63) is 48.0 Å². The van der Waals surface area contributed by atoms with Crippen LogP contribution in [0.3, 0.4) is 0 Å². The van der Waals surface area contributed by atoms with Gasteiger partial charge in [-0.2, -0.15) is 0 Å². The Labute approximate surface area is 155 Å². The van der Waals surface area contributed by atoms with E-state index in [-0.39, 0.29) is 10.6 Å². The van der Waals surface area contributed by atoms with E-state index in [1.165, 1.54) is 0 Å². The van der Waals surface area contributed by atoms with E-state index in [2.05, 4.69) is 17.6 Å². The summed E-state index contributed by atoms with van der Waals surface area (Å²) in [5.41, 5.74) is 1.46. The lowest BCUT2D eigenvalue weighted by Gasteiger charge is -2.18. The van der Waals surface area contributed by atoms with Crippen molar-refractivity contribution >= 4 is 15.7 Å². The maximum atomic E-state index is 12.2. The molecule has 0 aliphatic carbocycles. The summed E-state index contributed by atoms with van der Waals surface area (Å²) in [6.45, 7) is 6.14. The molecular weight excluding hydrogens is 350 g/mol. The molecule has 0 spiro atoms. The summed E-state index contributed by atoms with van der Waals surface area (Å²) in [5.74, 6) is 0.783. The number of primary sulfonamides is 1. The first-order valence-corrected chi connectivity index (χ1v) is 10.4. The van der Waals surface area contributed by atoms with Crippen LogP contribution in [0.15, 0.2) is 47.4 Å². The molecule has 142 valence electrons. The second kappa shape index (κ2) is 9.56. The number of nitrogens with one attached hydrogen (secondary N) is 2. The molecule has 0 bridgehead atoms. The number of para-hydroxylation sites is 1.